The van der Waals surface area contributed by atoms with E-state index in [0.29, 0.717) is 99.3 Å². The molecule has 7 unspecified atom stereocenters. The van der Waals surface area contributed by atoms with Gasteiger partial charge in [-0.1, -0.05) is 34.6 Å². The van der Waals surface area contributed by atoms with Crippen molar-refractivity contribution in [2.24, 2.45) is 56.7 Å². The third-order valence-corrected chi connectivity index (χ3v) is 17.7. The highest BCUT2D eigenvalue weighted by Crippen LogP contribution is 2.89. The van der Waals surface area contributed by atoms with Gasteiger partial charge in [0.05, 0.1) is 50.8 Å². The quantitative estimate of drug-likeness (QED) is 0.357. The van der Waals surface area contributed by atoms with Crippen molar-refractivity contribution in [3.05, 3.63) is 0 Å². The molecule has 6 aliphatic carbocycles. The Bertz CT molecular complexity index is 1380. The lowest BCUT2D eigenvalue weighted by Crippen LogP contribution is -2.60. The third-order valence-electron chi connectivity index (χ3n) is 17.7. The molecule has 6 saturated carbocycles. The Morgan fingerprint density at radius 1 is 0.863 bits per heavy atom. The fraction of sp³-hybridized carbons (Fsp3) is 0.952. The molecule has 9 heteroatoms. The molecule has 51 heavy (non-hydrogen) atoms. The molecule has 286 valence electrons. The lowest BCUT2D eigenvalue weighted by molar-refractivity contribution is -0.248. The number of hydrogen-bond donors (Lipinski definition) is 1. The zero-order valence-corrected chi connectivity index (χ0v) is 32.2. The Hall–Kier alpha value is -1.26. The number of aliphatic hydroxyl groups excluding tert-OH is 1. The highest BCUT2D eigenvalue weighted by molar-refractivity contribution is 5.77. The van der Waals surface area contributed by atoms with Gasteiger partial charge in [-0.2, -0.15) is 0 Å². The zero-order valence-electron chi connectivity index (χ0n) is 32.2. The molecule has 0 aromatic rings. The summed E-state index contributed by atoms with van der Waals surface area (Å²) in [6.45, 7) is 16.7. The molecule has 9 nitrogen and oxygen atoms in total. The summed E-state index contributed by atoms with van der Waals surface area (Å²) in [5.74, 6) is 2.98. The largest absolute Gasteiger partial charge is 0.390 e. The monoisotopic (exact) mass is 710 g/mol. The molecule has 9 rings (SSSR count). The van der Waals surface area contributed by atoms with Crippen molar-refractivity contribution >= 4 is 11.8 Å². The first kappa shape index (κ1) is 35.4. The number of ether oxygens (including phenoxy) is 4. The number of rotatable bonds is 7. The van der Waals surface area contributed by atoms with Crippen molar-refractivity contribution in [1.29, 1.82) is 0 Å². The summed E-state index contributed by atoms with van der Waals surface area (Å²) < 4.78 is 25.4. The van der Waals surface area contributed by atoms with E-state index in [9.17, 15) is 14.7 Å². The minimum absolute atomic E-state index is 0.0177. The molecule has 3 saturated heterocycles. The number of carbonyl (C=O) groups excluding carboxylic acids is 2. The summed E-state index contributed by atoms with van der Waals surface area (Å²) >= 11 is 0. The predicted octanol–water partition coefficient (Wildman–Crippen LogP) is 5.81. The second kappa shape index (κ2) is 12.4. The first-order valence-electron chi connectivity index (χ1n) is 21.1. The number of nitrogens with zero attached hydrogens (tertiary/aromatic N) is 2. The smallest absolute Gasteiger partial charge is 0.223 e. The van der Waals surface area contributed by atoms with Crippen molar-refractivity contribution in [3.8, 4) is 0 Å². The van der Waals surface area contributed by atoms with Gasteiger partial charge < -0.3 is 33.9 Å². The van der Waals surface area contributed by atoms with E-state index in [1.54, 1.807) is 0 Å². The van der Waals surface area contributed by atoms with Crippen molar-refractivity contribution < 1.29 is 33.6 Å². The Morgan fingerprint density at radius 2 is 1.59 bits per heavy atom. The van der Waals surface area contributed by atoms with Crippen LogP contribution in [0.5, 0.6) is 0 Å². The molecule has 0 aromatic carbocycles. The van der Waals surface area contributed by atoms with Crippen LogP contribution in [0.3, 0.4) is 0 Å². The van der Waals surface area contributed by atoms with Gasteiger partial charge in [0.15, 0.2) is 6.29 Å². The summed E-state index contributed by atoms with van der Waals surface area (Å²) in [6, 6.07) is 0. The molecule has 1 N–H and O–H groups in total. The summed E-state index contributed by atoms with van der Waals surface area (Å²) in [6.07, 6.45) is 12.8. The average molecular weight is 711 g/mol. The highest BCUT2D eigenvalue weighted by Gasteiger charge is 2.84. The van der Waals surface area contributed by atoms with Crippen LogP contribution >= 0.6 is 0 Å². The average Bonchev–Trinajstić information content (AvgIpc) is 4.04. The lowest BCUT2D eigenvalue weighted by atomic mass is 9.41. The Kier molecular flexibility index (Phi) is 8.60. The molecule has 3 heterocycles. The summed E-state index contributed by atoms with van der Waals surface area (Å²) in [7, 11) is 0. The number of carbonyl (C=O) groups is 2. The molecule has 0 bridgehead atoms. The van der Waals surface area contributed by atoms with E-state index >= 15 is 0 Å². The number of fused-ring (bicyclic) bond motifs is 4. The Labute approximate surface area is 306 Å². The maximum absolute atomic E-state index is 13.0. The maximum Gasteiger partial charge on any atom is 0.223 e. The summed E-state index contributed by atoms with van der Waals surface area (Å²) in [5.41, 5.74) is 0.483. The van der Waals surface area contributed by atoms with Gasteiger partial charge in [0.25, 0.3) is 0 Å². The second-order valence-electron chi connectivity index (χ2n) is 20.1. The van der Waals surface area contributed by atoms with Gasteiger partial charge in [-0.15, -0.1) is 0 Å². The number of hydrogen-bond acceptors (Lipinski definition) is 7. The molecule has 9 aliphatic rings. The van der Waals surface area contributed by atoms with E-state index < -0.39 is 6.10 Å². The number of morpholine rings is 2. The Balaban J connectivity index is 0.888. The number of amides is 2. The first-order valence-corrected chi connectivity index (χ1v) is 21.1. The van der Waals surface area contributed by atoms with E-state index in [0.717, 1.165) is 19.3 Å². The molecular weight excluding hydrogens is 644 g/mol. The van der Waals surface area contributed by atoms with Gasteiger partial charge in [0.2, 0.25) is 11.8 Å². The summed E-state index contributed by atoms with van der Waals surface area (Å²) in [5, 5.41) is 12.6. The van der Waals surface area contributed by atoms with Gasteiger partial charge in [0, 0.05) is 37.9 Å². The first-order chi connectivity index (χ1) is 24.3. The van der Waals surface area contributed by atoms with Crippen molar-refractivity contribution in [2.45, 2.75) is 149 Å². The fourth-order valence-electron chi connectivity index (χ4n) is 14.9. The van der Waals surface area contributed by atoms with Crippen LogP contribution in [0.1, 0.15) is 118 Å². The van der Waals surface area contributed by atoms with Crippen LogP contribution in [-0.2, 0) is 28.5 Å². The molecule has 2 spiro atoms. The highest BCUT2D eigenvalue weighted by atomic mass is 16.7. The standard InChI is InChI=1S/C42H66N2O7/c1-26-22-28(8-11-32(45)43-16-19-48-20-17-43)50-36-35(26)39(4)14-15-42-25-41(42)13-12-31(38(2,3)29(41)9-10-30(42)40(39,5)37(36)47)51-34-24-44(18-21-49-34)33(46)23-27-6-7-27/h26-31,34-37,47H,6-25H2,1-5H3/t26-,28?,29+,30?,31?,34+,35+,36?,37+,39?,40-,41?,42?/m1/s1. The summed E-state index contributed by atoms with van der Waals surface area (Å²) in [4.78, 5) is 29.9. The van der Waals surface area contributed by atoms with E-state index in [1.165, 1.54) is 51.4 Å². The topological polar surface area (TPSA) is 97.8 Å². The molecule has 0 radical (unpaired) electrons. The maximum atomic E-state index is 13.0. The third kappa shape index (κ3) is 5.23. The van der Waals surface area contributed by atoms with Crippen LogP contribution in [-0.4, -0.2) is 103 Å². The molecule has 2 amide bonds. The molecule has 3 aliphatic heterocycles. The van der Waals surface area contributed by atoms with Crippen molar-refractivity contribution in [1.82, 2.24) is 9.80 Å². The lowest BCUT2D eigenvalue weighted by Gasteiger charge is -2.64. The predicted molar refractivity (Wildman–Crippen MR) is 191 cm³/mol. The van der Waals surface area contributed by atoms with Crippen molar-refractivity contribution in [2.75, 3.05) is 46.0 Å². The van der Waals surface area contributed by atoms with Gasteiger partial charge >= 0.3 is 0 Å². The van der Waals surface area contributed by atoms with E-state index in [1.807, 2.05) is 9.80 Å². The van der Waals surface area contributed by atoms with Gasteiger partial charge in [-0.25, -0.2) is 0 Å². The minimum Gasteiger partial charge on any atom is -0.390 e. The van der Waals surface area contributed by atoms with Crippen LogP contribution < -0.4 is 0 Å². The van der Waals surface area contributed by atoms with Gasteiger partial charge in [0.1, 0.15) is 0 Å². The fourth-order valence-corrected chi connectivity index (χ4v) is 14.9. The minimum atomic E-state index is -0.481. The second-order valence-corrected chi connectivity index (χ2v) is 20.1. The normalized spacial score (nSPS) is 50.0. The molecule has 9 fully saturated rings. The van der Waals surface area contributed by atoms with Crippen LogP contribution in [0, 0.1) is 56.7 Å². The van der Waals surface area contributed by atoms with Crippen LogP contribution in [0.15, 0.2) is 0 Å². The molecule has 13 atom stereocenters. The van der Waals surface area contributed by atoms with E-state index in [2.05, 4.69) is 34.6 Å². The van der Waals surface area contributed by atoms with Crippen molar-refractivity contribution in [3.63, 3.8) is 0 Å². The Morgan fingerprint density at radius 3 is 2.35 bits per heavy atom. The van der Waals surface area contributed by atoms with Gasteiger partial charge in [-0.3, -0.25) is 9.59 Å². The van der Waals surface area contributed by atoms with Crippen LogP contribution in [0.25, 0.3) is 0 Å². The van der Waals surface area contributed by atoms with E-state index in [-0.39, 0.29) is 52.7 Å². The van der Waals surface area contributed by atoms with Crippen LogP contribution in [0.2, 0.25) is 0 Å². The van der Waals surface area contributed by atoms with E-state index in [4.69, 9.17) is 18.9 Å². The van der Waals surface area contributed by atoms with Crippen LogP contribution in [0.4, 0.5) is 0 Å². The SMILES string of the molecule is C[C@@H]1CC(CCC(=O)N2CCOCC2)OC2[C@H]1C1(C)CCC34CC35CCC(O[C@H]3CN(C(=O)CC6CC6)CCO3)C(C)(C)[C@@H]5CCC4[C@]1(C)[C@H]2O. The molecule has 0 aromatic heterocycles. The molecular formula is C42H66N2O7. The zero-order chi connectivity index (χ0) is 35.6. The number of aliphatic hydroxyl groups is 1. The van der Waals surface area contributed by atoms with Gasteiger partial charge in [-0.05, 0) is 122 Å².